The van der Waals surface area contributed by atoms with Crippen LogP contribution >= 0.6 is 15.6 Å². The number of phosphoric acid groups is 2. The van der Waals surface area contributed by atoms with Crippen molar-refractivity contribution >= 4 is 32.8 Å². The fourth-order valence-electron chi connectivity index (χ4n) is 1.23. The van der Waals surface area contributed by atoms with Crippen molar-refractivity contribution in [2.24, 2.45) is 0 Å². The van der Waals surface area contributed by atoms with E-state index in [4.69, 9.17) is 20.4 Å². The maximum absolute atomic E-state index is 11.4. The van der Waals surface area contributed by atoms with Crippen LogP contribution in [0.25, 0.3) is 11.2 Å². The Balaban J connectivity index is 2.43. The number of hydrogen-bond donors (Lipinski definition) is 5. The molecule has 0 aliphatic heterocycles. The summed E-state index contributed by atoms with van der Waals surface area (Å²) >= 11 is 0. The number of hydrogen-bond acceptors (Lipinski definition) is 8. The lowest BCUT2D eigenvalue weighted by Crippen LogP contribution is -2.14. The van der Waals surface area contributed by atoms with Crippen molar-refractivity contribution in [1.29, 1.82) is 0 Å². The number of aromatic nitrogens is 4. The van der Waals surface area contributed by atoms with Gasteiger partial charge in [-0.2, -0.15) is 9.29 Å². The lowest BCUT2D eigenvalue weighted by atomic mass is 10.5. The van der Waals surface area contributed by atoms with Crippen LogP contribution in [0.1, 0.15) is 0 Å². The highest BCUT2D eigenvalue weighted by atomic mass is 31.3. The molecule has 15 heteroatoms. The molecule has 0 saturated heterocycles. The zero-order valence-electron chi connectivity index (χ0n) is 9.27. The number of H-pyrrole nitrogens is 1. The maximum atomic E-state index is 11.4. The lowest BCUT2D eigenvalue weighted by molar-refractivity contribution is 0.168. The van der Waals surface area contributed by atoms with Crippen LogP contribution in [0.5, 0.6) is 0 Å². The summed E-state index contributed by atoms with van der Waals surface area (Å²) in [5, 5.41) is 0. The Morgan fingerprint density at radius 3 is 2.60 bits per heavy atom. The number of nitrogens with two attached hydrogens (primary N) is 1. The number of nitrogens with zero attached hydrogens (tertiary/aromatic N) is 3. The van der Waals surface area contributed by atoms with Crippen molar-refractivity contribution in [2.45, 2.75) is 0 Å². The molecule has 1 atom stereocenters. The van der Waals surface area contributed by atoms with Crippen molar-refractivity contribution in [2.75, 3.05) is 5.73 Å². The smallest absolute Gasteiger partial charge is 0.369 e. The first kappa shape index (κ1) is 14.7. The molecule has 13 nitrogen and oxygen atoms in total. The van der Waals surface area contributed by atoms with Crippen molar-refractivity contribution in [3.8, 4) is 0 Å². The number of nitrogens with one attached hydrogen (secondary N) is 1. The van der Waals surface area contributed by atoms with Crippen LogP contribution in [0, 0.1) is 0 Å². The van der Waals surface area contributed by atoms with E-state index in [0.717, 1.165) is 6.33 Å². The fourth-order valence-corrected chi connectivity index (χ4v) is 2.76. The van der Waals surface area contributed by atoms with Gasteiger partial charge in [-0.3, -0.25) is 14.7 Å². The first-order valence-electron chi connectivity index (χ1n) is 4.60. The number of anilines is 1. The Morgan fingerprint density at radius 1 is 1.35 bits per heavy atom. The van der Waals surface area contributed by atoms with Gasteiger partial charge in [-0.15, -0.1) is 4.73 Å². The molecular weight excluding hydrogens is 320 g/mol. The molecule has 0 spiro atoms. The molecule has 6 N–H and O–H groups in total. The van der Waals surface area contributed by atoms with E-state index in [0.29, 0.717) is 4.73 Å². The molecule has 0 aromatic carbocycles. The molecule has 0 saturated carbocycles. The standard InChI is InChI=1S/C5H7N5O8P2/c6-5-8-3-2(4(11)9-5)7-1-10(3)17-20(15,16)18-19(12,13)14/h1H,(H,15,16)(H2,12,13,14)(H3,6,8,9,11). The topological polar surface area (TPSA) is 203 Å². The second-order valence-corrected chi connectivity index (χ2v) is 6.05. The SMILES string of the molecule is Nc1nc2c(ncn2OP(=O)(O)OP(=O)(O)O)c(=O)[nH]1. The van der Waals surface area contributed by atoms with Gasteiger partial charge in [0.05, 0.1) is 0 Å². The van der Waals surface area contributed by atoms with Gasteiger partial charge in [0, 0.05) is 0 Å². The summed E-state index contributed by atoms with van der Waals surface area (Å²) in [6, 6.07) is 0. The van der Waals surface area contributed by atoms with Crippen LogP contribution in [0.2, 0.25) is 0 Å². The molecule has 0 radical (unpaired) electrons. The highest BCUT2D eigenvalue weighted by molar-refractivity contribution is 7.60. The first-order chi connectivity index (χ1) is 9.07. The molecule has 20 heavy (non-hydrogen) atoms. The number of aromatic amines is 1. The largest absolute Gasteiger partial charge is 0.555 e. The van der Waals surface area contributed by atoms with Gasteiger partial charge in [0.15, 0.2) is 5.52 Å². The summed E-state index contributed by atoms with van der Waals surface area (Å²) in [6.07, 6.45) is 0.776. The van der Waals surface area contributed by atoms with Crippen molar-refractivity contribution in [1.82, 2.24) is 19.7 Å². The minimum Gasteiger partial charge on any atom is -0.369 e. The monoisotopic (exact) mass is 327 g/mol. The summed E-state index contributed by atoms with van der Waals surface area (Å²) < 4.78 is 30.1. The third-order valence-corrected chi connectivity index (χ3v) is 3.85. The normalized spacial score (nSPS) is 15.2. The Hall–Kier alpha value is -1.75. The van der Waals surface area contributed by atoms with E-state index in [2.05, 4.69) is 23.9 Å². The van der Waals surface area contributed by atoms with Gasteiger partial charge in [0.2, 0.25) is 11.6 Å². The average molecular weight is 327 g/mol. The minimum atomic E-state index is -5.27. The lowest BCUT2D eigenvalue weighted by Gasteiger charge is -2.12. The van der Waals surface area contributed by atoms with Crippen LogP contribution in [0.4, 0.5) is 5.95 Å². The van der Waals surface area contributed by atoms with Gasteiger partial charge < -0.3 is 20.1 Å². The highest BCUT2D eigenvalue weighted by Gasteiger charge is 2.35. The molecule has 2 aromatic heterocycles. The van der Waals surface area contributed by atoms with Crippen molar-refractivity contribution < 1.29 is 32.7 Å². The Labute approximate surface area is 108 Å². The molecule has 0 amide bonds. The average Bonchev–Trinajstić information content (AvgIpc) is 2.57. The molecule has 0 aliphatic carbocycles. The van der Waals surface area contributed by atoms with Gasteiger partial charge in [-0.25, -0.2) is 14.1 Å². The van der Waals surface area contributed by atoms with Crippen molar-refractivity contribution in [3.05, 3.63) is 16.7 Å². The molecule has 110 valence electrons. The van der Waals surface area contributed by atoms with E-state index in [1.165, 1.54) is 0 Å². The van der Waals surface area contributed by atoms with Crippen LogP contribution < -0.4 is 15.9 Å². The first-order valence-corrected chi connectivity index (χ1v) is 7.62. The Bertz CT molecular complexity index is 805. The summed E-state index contributed by atoms with van der Waals surface area (Å²) in [5.41, 5.74) is 3.92. The number of fused-ring (bicyclic) bond motifs is 1. The summed E-state index contributed by atoms with van der Waals surface area (Å²) in [7, 11) is -10.4. The van der Waals surface area contributed by atoms with E-state index in [1.807, 2.05) is 0 Å². The fraction of sp³-hybridized carbons (Fsp3) is 0. The van der Waals surface area contributed by atoms with Gasteiger partial charge in [0.1, 0.15) is 6.33 Å². The second kappa shape index (κ2) is 4.66. The zero-order valence-corrected chi connectivity index (χ0v) is 11.1. The molecule has 2 aromatic rings. The second-order valence-electron chi connectivity index (χ2n) is 3.32. The van der Waals surface area contributed by atoms with E-state index in [-0.39, 0.29) is 17.1 Å². The molecule has 2 heterocycles. The van der Waals surface area contributed by atoms with Gasteiger partial charge in [-0.05, 0) is 0 Å². The van der Waals surface area contributed by atoms with E-state index < -0.39 is 21.2 Å². The number of imidazole rings is 1. The Kier molecular flexibility index (Phi) is 3.42. The van der Waals surface area contributed by atoms with Crippen LogP contribution in [0.3, 0.4) is 0 Å². The summed E-state index contributed by atoms with van der Waals surface area (Å²) in [4.78, 5) is 46.7. The molecule has 0 aliphatic rings. The van der Waals surface area contributed by atoms with Crippen LogP contribution in [-0.4, -0.2) is 34.4 Å². The molecular formula is C5H7N5O8P2. The van der Waals surface area contributed by atoms with E-state index >= 15 is 0 Å². The van der Waals surface area contributed by atoms with Crippen LogP contribution in [-0.2, 0) is 13.4 Å². The zero-order chi connectivity index (χ0) is 15.1. The predicted octanol–water partition coefficient (Wildman–Crippen LogP) is -1.66. The molecule has 1 unspecified atom stereocenters. The molecule has 2 rings (SSSR count). The number of rotatable bonds is 4. The predicted molar refractivity (Wildman–Crippen MR) is 62.1 cm³/mol. The third kappa shape index (κ3) is 3.22. The molecule has 0 fully saturated rings. The minimum absolute atomic E-state index is 0.268. The molecule has 0 bridgehead atoms. The number of nitrogen functional groups attached to an aromatic ring is 1. The van der Waals surface area contributed by atoms with Crippen LogP contribution in [0.15, 0.2) is 11.1 Å². The van der Waals surface area contributed by atoms with E-state index in [9.17, 15) is 13.9 Å². The van der Waals surface area contributed by atoms with Gasteiger partial charge in [-0.1, -0.05) is 0 Å². The van der Waals surface area contributed by atoms with E-state index in [1.54, 1.807) is 0 Å². The maximum Gasteiger partial charge on any atom is 0.555 e. The van der Waals surface area contributed by atoms with Gasteiger partial charge >= 0.3 is 15.6 Å². The summed E-state index contributed by atoms with van der Waals surface area (Å²) in [6.45, 7) is 0. The quantitative estimate of drug-likeness (QED) is 0.402. The Morgan fingerprint density at radius 2 is 2.00 bits per heavy atom. The highest BCUT2D eigenvalue weighted by Crippen LogP contribution is 2.55. The van der Waals surface area contributed by atoms with Crippen molar-refractivity contribution in [3.63, 3.8) is 0 Å². The van der Waals surface area contributed by atoms with Gasteiger partial charge in [0.25, 0.3) is 5.56 Å². The third-order valence-electron chi connectivity index (χ3n) is 1.80. The summed E-state index contributed by atoms with van der Waals surface area (Å²) in [5.74, 6) is -0.323.